The van der Waals surface area contributed by atoms with Crippen LogP contribution >= 0.6 is 11.8 Å². The van der Waals surface area contributed by atoms with Crippen molar-refractivity contribution >= 4 is 11.8 Å². The minimum atomic E-state index is 0.433. The summed E-state index contributed by atoms with van der Waals surface area (Å²) in [4.78, 5) is 0. The SMILES string of the molecule is CCOc1ccc(C2(CC(C)CCNCCSCC)CCC2)cc1. The fourth-order valence-electron chi connectivity index (χ4n) is 3.82. The Morgan fingerprint density at radius 3 is 2.50 bits per heavy atom. The molecule has 1 unspecified atom stereocenters. The normalized spacial score (nSPS) is 17.3. The molecule has 1 fully saturated rings. The van der Waals surface area contributed by atoms with Crippen molar-refractivity contribution in [1.29, 1.82) is 0 Å². The number of nitrogens with one attached hydrogen (secondary N) is 1. The Hall–Kier alpha value is -0.670. The molecule has 0 amide bonds. The van der Waals surface area contributed by atoms with Gasteiger partial charge >= 0.3 is 0 Å². The van der Waals surface area contributed by atoms with Crippen LogP contribution in [0.5, 0.6) is 5.75 Å². The van der Waals surface area contributed by atoms with Gasteiger partial charge < -0.3 is 10.1 Å². The second-order valence-electron chi connectivity index (χ2n) is 7.14. The molecule has 1 N–H and O–H groups in total. The molecule has 0 bridgehead atoms. The fraction of sp³-hybridized carbons (Fsp3) is 0.714. The average molecular weight is 350 g/mol. The quantitative estimate of drug-likeness (QED) is 0.520. The van der Waals surface area contributed by atoms with Crippen LogP contribution in [0.3, 0.4) is 0 Å². The molecule has 1 aliphatic carbocycles. The first-order valence-electron chi connectivity index (χ1n) is 9.72. The van der Waals surface area contributed by atoms with Crippen LogP contribution in [0.25, 0.3) is 0 Å². The third-order valence-electron chi connectivity index (χ3n) is 5.27. The molecular weight excluding hydrogens is 314 g/mol. The maximum absolute atomic E-state index is 5.59. The predicted octanol–water partition coefficient (Wildman–Crippen LogP) is 5.27. The van der Waals surface area contributed by atoms with Crippen molar-refractivity contribution in [3.8, 4) is 5.75 Å². The van der Waals surface area contributed by atoms with Crippen LogP contribution in [0.1, 0.15) is 58.4 Å². The molecule has 0 aromatic heterocycles. The standard InChI is InChI=1S/C21H35NOS/c1-4-23-20-9-7-19(8-10-20)21(12-6-13-21)17-18(3)11-14-22-15-16-24-5-2/h7-10,18,22H,4-6,11-17H2,1-3H3. The summed E-state index contributed by atoms with van der Waals surface area (Å²) >= 11 is 2.02. The smallest absolute Gasteiger partial charge is 0.119 e. The summed E-state index contributed by atoms with van der Waals surface area (Å²) < 4.78 is 5.59. The molecule has 0 aliphatic heterocycles. The number of ether oxygens (including phenoxy) is 1. The molecule has 1 aromatic carbocycles. The van der Waals surface area contributed by atoms with E-state index in [1.807, 2.05) is 18.7 Å². The molecule has 2 rings (SSSR count). The van der Waals surface area contributed by atoms with Gasteiger partial charge in [0, 0.05) is 12.3 Å². The molecule has 0 saturated heterocycles. The van der Waals surface area contributed by atoms with Gasteiger partial charge in [0.05, 0.1) is 6.61 Å². The molecule has 1 saturated carbocycles. The third kappa shape index (κ3) is 5.70. The predicted molar refractivity (Wildman–Crippen MR) is 107 cm³/mol. The Kier molecular flexibility index (Phi) is 8.48. The van der Waals surface area contributed by atoms with E-state index in [0.29, 0.717) is 5.41 Å². The van der Waals surface area contributed by atoms with Gasteiger partial charge in [-0.25, -0.2) is 0 Å². The summed E-state index contributed by atoms with van der Waals surface area (Å²) in [6.45, 7) is 9.74. The maximum Gasteiger partial charge on any atom is 0.119 e. The molecule has 0 spiro atoms. The first-order chi connectivity index (χ1) is 11.7. The zero-order valence-corrected chi connectivity index (χ0v) is 16.6. The lowest BCUT2D eigenvalue weighted by Gasteiger charge is -2.44. The first kappa shape index (κ1) is 19.7. The zero-order valence-electron chi connectivity index (χ0n) is 15.8. The number of thioether (sulfide) groups is 1. The summed E-state index contributed by atoms with van der Waals surface area (Å²) in [7, 11) is 0. The highest BCUT2D eigenvalue weighted by molar-refractivity contribution is 7.99. The van der Waals surface area contributed by atoms with E-state index >= 15 is 0 Å². The van der Waals surface area contributed by atoms with Crippen molar-refractivity contribution in [2.24, 2.45) is 5.92 Å². The second-order valence-corrected chi connectivity index (χ2v) is 8.53. The van der Waals surface area contributed by atoms with Gasteiger partial charge in [-0.3, -0.25) is 0 Å². The van der Waals surface area contributed by atoms with E-state index in [2.05, 4.69) is 43.4 Å². The van der Waals surface area contributed by atoms with Gasteiger partial charge in [-0.2, -0.15) is 11.8 Å². The number of rotatable bonds is 12. The molecule has 0 radical (unpaired) electrons. The summed E-state index contributed by atoms with van der Waals surface area (Å²) in [6, 6.07) is 8.90. The van der Waals surface area contributed by atoms with Gasteiger partial charge in [0.15, 0.2) is 0 Å². The Morgan fingerprint density at radius 1 is 1.17 bits per heavy atom. The van der Waals surface area contributed by atoms with Crippen molar-refractivity contribution in [1.82, 2.24) is 5.32 Å². The molecule has 1 aromatic rings. The Balaban J connectivity index is 1.79. The molecule has 2 nitrogen and oxygen atoms in total. The lowest BCUT2D eigenvalue weighted by atomic mass is 9.60. The van der Waals surface area contributed by atoms with Gasteiger partial charge in [-0.1, -0.05) is 32.4 Å². The van der Waals surface area contributed by atoms with E-state index in [4.69, 9.17) is 4.74 Å². The Bertz CT molecular complexity index is 455. The van der Waals surface area contributed by atoms with E-state index in [-0.39, 0.29) is 0 Å². The van der Waals surface area contributed by atoms with Crippen LogP contribution in [0.4, 0.5) is 0 Å². The topological polar surface area (TPSA) is 21.3 Å². The van der Waals surface area contributed by atoms with Crippen molar-refractivity contribution in [3.05, 3.63) is 29.8 Å². The molecule has 1 atom stereocenters. The lowest BCUT2D eigenvalue weighted by molar-refractivity contribution is 0.190. The van der Waals surface area contributed by atoms with Crippen LogP contribution in [-0.2, 0) is 5.41 Å². The summed E-state index contributed by atoms with van der Waals surface area (Å²) in [6.07, 6.45) is 6.70. The first-order valence-corrected chi connectivity index (χ1v) is 10.9. The van der Waals surface area contributed by atoms with Crippen molar-refractivity contribution in [3.63, 3.8) is 0 Å². The molecular formula is C21H35NOS. The minimum absolute atomic E-state index is 0.433. The zero-order chi connectivity index (χ0) is 17.3. The minimum Gasteiger partial charge on any atom is -0.494 e. The van der Waals surface area contributed by atoms with Crippen LogP contribution in [0.15, 0.2) is 24.3 Å². The molecule has 1 aliphatic rings. The highest BCUT2D eigenvalue weighted by Crippen LogP contribution is 2.48. The van der Waals surface area contributed by atoms with E-state index in [9.17, 15) is 0 Å². The summed E-state index contributed by atoms with van der Waals surface area (Å²) in [5.74, 6) is 4.24. The number of hydrogen-bond acceptors (Lipinski definition) is 3. The van der Waals surface area contributed by atoms with Gasteiger partial charge in [0.25, 0.3) is 0 Å². The van der Waals surface area contributed by atoms with Gasteiger partial charge in [-0.15, -0.1) is 0 Å². The van der Waals surface area contributed by atoms with Gasteiger partial charge in [0.2, 0.25) is 0 Å². The number of benzene rings is 1. The maximum atomic E-state index is 5.59. The van der Waals surface area contributed by atoms with Crippen LogP contribution < -0.4 is 10.1 Å². The van der Waals surface area contributed by atoms with E-state index < -0.39 is 0 Å². The van der Waals surface area contributed by atoms with E-state index in [1.165, 1.54) is 49.2 Å². The van der Waals surface area contributed by atoms with Crippen molar-refractivity contribution in [2.75, 3.05) is 31.2 Å². The Labute approximate surface area is 153 Å². The average Bonchev–Trinajstić information content (AvgIpc) is 2.55. The lowest BCUT2D eigenvalue weighted by Crippen LogP contribution is -2.36. The molecule has 0 heterocycles. The van der Waals surface area contributed by atoms with Crippen LogP contribution in [0, 0.1) is 5.92 Å². The number of hydrogen-bond donors (Lipinski definition) is 1. The summed E-state index contributed by atoms with van der Waals surface area (Å²) in [5.41, 5.74) is 1.96. The van der Waals surface area contributed by atoms with E-state index in [0.717, 1.165) is 31.4 Å². The van der Waals surface area contributed by atoms with Gasteiger partial charge in [-0.05, 0) is 73.9 Å². The highest BCUT2D eigenvalue weighted by atomic mass is 32.2. The largest absolute Gasteiger partial charge is 0.494 e. The monoisotopic (exact) mass is 349 g/mol. The summed E-state index contributed by atoms with van der Waals surface area (Å²) in [5, 5.41) is 3.60. The molecule has 24 heavy (non-hydrogen) atoms. The van der Waals surface area contributed by atoms with Crippen LogP contribution in [0.2, 0.25) is 0 Å². The van der Waals surface area contributed by atoms with Crippen molar-refractivity contribution < 1.29 is 4.74 Å². The highest BCUT2D eigenvalue weighted by Gasteiger charge is 2.39. The van der Waals surface area contributed by atoms with Gasteiger partial charge in [0.1, 0.15) is 5.75 Å². The third-order valence-corrected chi connectivity index (χ3v) is 6.17. The van der Waals surface area contributed by atoms with Crippen molar-refractivity contribution in [2.45, 2.75) is 58.3 Å². The second kappa shape index (κ2) is 10.4. The van der Waals surface area contributed by atoms with Crippen LogP contribution in [-0.4, -0.2) is 31.2 Å². The molecule has 136 valence electrons. The molecule has 3 heteroatoms. The Morgan fingerprint density at radius 2 is 1.92 bits per heavy atom. The van der Waals surface area contributed by atoms with E-state index in [1.54, 1.807) is 0 Å². The fourth-order valence-corrected chi connectivity index (χ4v) is 4.39.